The van der Waals surface area contributed by atoms with E-state index < -0.39 is 0 Å². The summed E-state index contributed by atoms with van der Waals surface area (Å²) in [7, 11) is 0. The summed E-state index contributed by atoms with van der Waals surface area (Å²) >= 11 is 0. The predicted octanol–water partition coefficient (Wildman–Crippen LogP) is 3.55. The predicted molar refractivity (Wildman–Crippen MR) is 52.9 cm³/mol. The maximum absolute atomic E-state index is 2.46. The van der Waals surface area contributed by atoms with E-state index in [9.17, 15) is 0 Å². The second-order valence-corrected chi connectivity index (χ2v) is 4.02. The third-order valence-electron chi connectivity index (χ3n) is 3.37. The van der Waals surface area contributed by atoms with Crippen molar-refractivity contribution in [2.75, 3.05) is 0 Å². The molecule has 0 N–H and O–H groups in total. The molecule has 0 radical (unpaired) electrons. The highest BCUT2D eigenvalue weighted by molar-refractivity contribution is 5.30. The summed E-state index contributed by atoms with van der Waals surface area (Å²) in [5.74, 6) is 2.60. The molecule has 1 fully saturated rings. The van der Waals surface area contributed by atoms with E-state index in [0.717, 1.165) is 17.8 Å². The van der Waals surface area contributed by atoms with Crippen molar-refractivity contribution in [1.29, 1.82) is 0 Å². The van der Waals surface area contributed by atoms with Gasteiger partial charge in [-0.05, 0) is 37.0 Å². The molecule has 0 heteroatoms. The van der Waals surface area contributed by atoms with Crippen LogP contribution in [0.4, 0.5) is 0 Å². The molecule has 0 aromatic rings. The molecular weight excluding hydrogens is 144 g/mol. The van der Waals surface area contributed by atoms with Crippen LogP contribution in [0.3, 0.4) is 0 Å². The third-order valence-corrected chi connectivity index (χ3v) is 3.37. The number of fused-ring (bicyclic) bond motifs is 2. The second kappa shape index (κ2) is 3.08. The smallest absolute Gasteiger partial charge is 0.00144 e. The lowest BCUT2D eigenvalue weighted by Crippen LogP contribution is -2.08. The lowest BCUT2D eigenvalue weighted by Gasteiger charge is -2.19. The van der Waals surface area contributed by atoms with Crippen molar-refractivity contribution >= 4 is 0 Å². The Morgan fingerprint density at radius 2 is 2.25 bits per heavy atom. The topological polar surface area (TPSA) is 0 Å². The molecule has 12 heavy (non-hydrogen) atoms. The minimum Gasteiger partial charge on any atom is -0.0847 e. The molecule has 0 saturated heterocycles. The maximum Gasteiger partial charge on any atom is -0.00144 e. The standard InChI is InChI=1S/C12H18/c1-3-5-12-10-7-6-9(8-10)11(12)4-2/h5-7,9-11H,3-4,8H2,1-2H3. The fourth-order valence-corrected chi connectivity index (χ4v) is 2.87. The average molecular weight is 162 g/mol. The summed E-state index contributed by atoms with van der Waals surface area (Å²) in [6.45, 7) is 4.57. The highest BCUT2D eigenvalue weighted by Gasteiger charge is 2.38. The first-order valence-electron chi connectivity index (χ1n) is 5.25. The van der Waals surface area contributed by atoms with Gasteiger partial charge >= 0.3 is 0 Å². The Labute approximate surface area is 75.4 Å². The minimum absolute atomic E-state index is 0.819. The Bertz CT molecular complexity index is 222. The fraction of sp³-hybridized carbons (Fsp3) is 0.667. The van der Waals surface area contributed by atoms with Gasteiger partial charge in [0.15, 0.2) is 0 Å². The van der Waals surface area contributed by atoms with E-state index in [4.69, 9.17) is 0 Å². The van der Waals surface area contributed by atoms with E-state index in [1.54, 1.807) is 5.57 Å². The van der Waals surface area contributed by atoms with E-state index in [1.165, 1.54) is 19.3 Å². The van der Waals surface area contributed by atoms with E-state index in [2.05, 4.69) is 32.1 Å². The van der Waals surface area contributed by atoms with Gasteiger partial charge in [-0.2, -0.15) is 0 Å². The lowest BCUT2D eigenvalue weighted by atomic mass is 9.86. The minimum atomic E-state index is 0.819. The molecule has 0 nitrogen and oxygen atoms in total. The first kappa shape index (κ1) is 8.10. The van der Waals surface area contributed by atoms with Gasteiger partial charge in [0.05, 0.1) is 0 Å². The quantitative estimate of drug-likeness (QED) is 0.545. The normalized spacial score (nSPS) is 41.5. The largest absolute Gasteiger partial charge is 0.0847 e. The summed E-state index contributed by atoms with van der Waals surface area (Å²) in [4.78, 5) is 0. The highest BCUT2D eigenvalue weighted by atomic mass is 14.4. The van der Waals surface area contributed by atoms with Crippen LogP contribution in [0.2, 0.25) is 0 Å². The van der Waals surface area contributed by atoms with E-state index in [0.29, 0.717) is 0 Å². The molecule has 0 aromatic carbocycles. The van der Waals surface area contributed by atoms with E-state index in [1.807, 2.05) is 0 Å². The number of hydrogen-bond donors (Lipinski definition) is 0. The number of hydrogen-bond acceptors (Lipinski definition) is 0. The molecule has 3 unspecified atom stereocenters. The van der Waals surface area contributed by atoms with Crippen LogP contribution < -0.4 is 0 Å². The second-order valence-electron chi connectivity index (χ2n) is 4.02. The first-order valence-corrected chi connectivity index (χ1v) is 5.25. The van der Waals surface area contributed by atoms with Gasteiger partial charge in [-0.25, -0.2) is 0 Å². The molecular formula is C12H18. The van der Waals surface area contributed by atoms with Gasteiger partial charge < -0.3 is 0 Å². The zero-order chi connectivity index (χ0) is 8.55. The van der Waals surface area contributed by atoms with Crippen LogP contribution >= 0.6 is 0 Å². The van der Waals surface area contributed by atoms with Crippen molar-refractivity contribution in [3.63, 3.8) is 0 Å². The summed E-state index contributed by atoms with van der Waals surface area (Å²) in [6.07, 6.45) is 11.3. The maximum atomic E-state index is 2.46. The van der Waals surface area contributed by atoms with Crippen LogP contribution in [0.5, 0.6) is 0 Å². The Morgan fingerprint density at radius 3 is 2.92 bits per heavy atom. The molecule has 0 amide bonds. The lowest BCUT2D eigenvalue weighted by molar-refractivity contribution is 0.496. The van der Waals surface area contributed by atoms with Crippen LogP contribution in [-0.2, 0) is 0 Å². The number of allylic oxidation sites excluding steroid dienone is 4. The molecule has 2 aliphatic rings. The molecule has 0 aliphatic heterocycles. The zero-order valence-corrected chi connectivity index (χ0v) is 8.09. The van der Waals surface area contributed by atoms with Gasteiger partial charge in [0, 0.05) is 0 Å². The van der Waals surface area contributed by atoms with Crippen molar-refractivity contribution in [3.05, 3.63) is 23.8 Å². The average Bonchev–Trinajstić information content (AvgIpc) is 2.64. The molecule has 2 bridgehead atoms. The molecule has 0 heterocycles. The number of rotatable bonds is 2. The Morgan fingerprint density at radius 1 is 1.42 bits per heavy atom. The van der Waals surface area contributed by atoms with Crippen LogP contribution in [0.15, 0.2) is 23.8 Å². The van der Waals surface area contributed by atoms with Crippen molar-refractivity contribution < 1.29 is 0 Å². The fourth-order valence-electron chi connectivity index (χ4n) is 2.87. The molecule has 1 saturated carbocycles. The van der Waals surface area contributed by atoms with Crippen LogP contribution in [-0.4, -0.2) is 0 Å². The molecule has 0 spiro atoms. The first-order chi connectivity index (χ1) is 5.86. The van der Waals surface area contributed by atoms with Crippen LogP contribution in [0.1, 0.15) is 33.1 Å². The van der Waals surface area contributed by atoms with Crippen LogP contribution in [0.25, 0.3) is 0 Å². The third kappa shape index (κ3) is 1.05. The van der Waals surface area contributed by atoms with Crippen molar-refractivity contribution in [3.8, 4) is 0 Å². The molecule has 2 aliphatic carbocycles. The van der Waals surface area contributed by atoms with Crippen LogP contribution in [0, 0.1) is 17.8 Å². The molecule has 3 atom stereocenters. The van der Waals surface area contributed by atoms with Crippen molar-refractivity contribution in [2.24, 2.45) is 17.8 Å². The van der Waals surface area contributed by atoms with Gasteiger partial charge in [-0.1, -0.05) is 37.6 Å². The van der Waals surface area contributed by atoms with Gasteiger partial charge in [0.1, 0.15) is 0 Å². The van der Waals surface area contributed by atoms with Gasteiger partial charge in [-0.3, -0.25) is 0 Å². The monoisotopic (exact) mass is 162 g/mol. The summed E-state index contributed by atoms with van der Waals surface area (Å²) in [5, 5.41) is 0. The van der Waals surface area contributed by atoms with Crippen molar-refractivity contribution in [2.45, 2.75) is 33.1 Å². The molecule has 0 aromatic heterocycles. The summed E-state index contributed by atoms with van der Waals surface area (Å²) in [5.41, 5.74) is 1.74. The van der Waals surface area contributed by atoms with Crippen molar-refractivity contribution in [1.82, 2.24) is 0 Å². The molecule has 2 rings (SSSR count). The Kier molecular flexibility index (Phi) is 2.08. The van der Waals surface area contributed by atoms with E-state index >= 15 is 0 Å². The zero-order valence-electron chi connectivity index (χ0n) is 8.09. The van der Waals surface area contributed by atoms with Gasteiger partial charge in [0.2, 0.25) is 0 Å². The van der Waals surface area contributed by atoms with E-state index in [-0.39, 0.29) is 0 Å². The molecule has 66 valence electrons. The van der Waals surface area contributed by atoms with Gasteiger partial charge in [0.25, 0.3) is 0 Å². The summed E-state index contributed by atoms with van der Waals surface area (Å²) < 4.78 is 0. The highest BCUT2D eigenvalue weighted by Crippen LogP contribution is 2.48. The Hall–Kier alpha value is -0.520. The SMILES string of the molecule is CCC=C1C2C=CC(C2)C1CC. The van der Waals surface area contributed by atoms with Gasteiger partial charge in [-0.15, -0.1) is 0 Å². The Balaban J connectivity index is 2.23. The summed E-state index contributed by atoms with van der Waals surface area (Å²) in [6, 6.07) is 0.